The van der Waals surface area contributed by atoms with E-state index in [0.717, 1.165) is 23.4 Å². The van der Waals surface area contributed by atoms with Crippen LogP contribution >= 0.6 is 11.8 Å². The van der Waals surface area contributed by atoms with Crippen LogP contribution in [0.2, 0.25) is 0 Å². The molecule has 2 heterocycles. The Morgan fingerprint density at radius 1 is 1.43 bits per heavy atom. The van der Waals surface area contributed by atoms with Crippen LogP contribution in [-0.2, 0) is 14.4 Å². The first-order valence-corrected chi connectivity index (χ1v) is 8.78. The van der Waals surface area contributed by atoms with Crippen LogP contribution in [0.4, 0.5) is 0 Å². The summed E-state index contributed by atoms with van der Waals surface area (Å²) in [6.45, 7) is 2.63. The van der Waals surface area contributed by atoms with Crippen LogP contribution in [0.15, 0.2) is 22.8 Å². The monoisotopic (exact) mass is 335 g/mol. The molecule has 2 aliphatic heterocycles. The van der Waals surface area contributed by atoms with Crippen LogP contribution in [0.25, 0.3) is 0 Å². The first-order chi connectivity index (χ1) is 11.0. The Hall–Kier alpha value is -1.76. The summed E-state index contributed by atoms with van der Waals surface area (Å²) in [6, 6.07) is 0. The van der Waals surface area contributed by atoms with Crippen molar-refractivity contribution in [2.45, 2.75) is 38.0 Å². The number of carbonyl (C=O) groups is 3. The number of allylic oxidation sites excluding steroid dienone is 2. The summed E-state index contributed by atoms with van der Waals surface area (Å²) in [5.41, 5.74) is 1.10. The molecule has 3 aliphatic rings. The molecule has 0 spiro atoms. The van der Waals surface area contributed by atoms with Crippen molar-refractivity contribution >= 4 is 29.4 Å². The van der Waals surface area contributed by atoms with E-state index in [9.17, 15) is 14.4 Å². The van der Waals surface area contributed by atoms with Gasteiger partial charge in [-0.3, -0.25) is 24.4 Å². The Morgan fingerprint density at radius 2 is 2.22 bits per heavy atom. The molecule has 7 heteroatoms. The second kappa shape index (κ2) is 6.39. The second-order valence-corrected chi connectivity index (χ2v) is 7.22. The maximum Gasteiger partial charge on any atom is 0.241 e. The summed E-state index contributed by atoms with van der Waals surface area (Å²) < 4.78 is 0. The summed E-state index contributed by atoms with van der Waals surface area (Å²) in [6.07, 6.45) is 6.21. The standard InChI is InChI=1S/C16H21N3O3S/c1-11(20)18(19-8-3-4-15(19)22)9-7-16-17(2)13-6-5-12(21)10-14(13)23-16/h6,10,16H,3-5,7-9H2,1-2H3. The highest BCUT2D eigenvalue weighted by atomic mass is 32.2. The summed E-state index contributed by atoms with van der Waals surface area (Å²) in [5, 5.41) is 3.33. The minimum atomic E-state index is -0.100. The van der Waals surface area contributed by atoms with Gasteiger partial charge in [-0.05, 0) is 18.9 Å². The van der Waals surface area contributed by atoms with Crippen LogP contribution in [0.5, 0.6) is 0 Å². The van der Waals surface area contributed by atoms with Gasteiger partial charge in [0.2, 0.25) is 11.8 Å². The van der Waals surface area contributed by atoms with Gasteiger partial charge in [0.15, 0.2) is 5.78 Å². The predicted molar refractivity (Wildman–Crippen MR) is 87.9 cm³/mol. The lowest BCUT2D eigenvalue weighted by atomic mass is 10.1. The van der Waals surface area contributed by atoms with E-state index >= 15 is 0 Å². The number of ketones is 1. The molecule has 0 aromatic rings. The first-order valence-electron chi connectivity index (χ1n) is 7.90. The molecule has 0 aromatic carbocycles. The van der Waals surface area contributed by atoms with E-state index in [2.05, 4.69) is 4.90 Å². The molecule has 23 heavy (non-hydrogen) atoms. The third-order valence-electron chi connectivity index (χ3n) is 4.41. The molecule has 2 saturated heterocycles. The zero-order valence-corrected chi connectivity index (χ0v) is 14.3. The van der Waals surface area contributed by atoms with Crippen molar-refractivity contribution in [3.05, 3.63) is 22.8 Å². The molecule has 3 rings (SSSR count). The number of thioether (sulfide) groups is 1. The molecule has 0 bridgehead atoms. The van der Waals surface area contributed by atoms with Gasteiger partial charge in [-0.1, -0.05) is 17.8 Å². The number of hydrogen-bond donors (Lipinski definition) is 0. The number of rotatable bonds is 4. The number of carbonyl (C=O) groups excluding carboxylic acids is 3. The van der Waals surface area contributed by atoms with E-state index in [4.69, 9.17) is 0 Å². The van der Waals surface area contributed by atoms with Crippen molar-refractivity contribution in [1.29, 1.82) is 0 Å². The van der Waals surface area contributed by atoms with Gasteiger partial charge in [0.1, 0.15) is 0 Å². The Bertz CT molecular complexity index is 614. The topological polar surface area (TPSA) is 60.9 Å². The van der Waals surface area contributed by atoms with E-state index in [1.54, 1.807) is 27.9 Å². The van der Waals surface area contributed by atoms with Crippen LogP contribution < -0.4 is 0 Å². The zero-order valence-electron chi connectivity index (χ0n) is 13.4. The lowest BCUT2D eigenvalue weighted by Crippen LogP contribution is -2.47. The van der Waals surface area contributed by atoms with Crippen molar-refractivity contribution in [2.24, 2.45) is 0 Å². The zero-order chi connectivity index (χ0) is 16.6. The number of hydrogen-bond acceptors (Lipinski definition) is 5. The fourth-order valence-corrected chi connectivity index (χ4v) is 4.53. The highest BCUT2D eigenvalue weighted by Crippen LogP contribution is 2.43. The van der Waals surface area contributed by atoms with Gasteiger partial charge >= 0.3 is 0 Å². The third kappa shape index (κ3) is 3.15. The molecule has 0 aromatic heterocycles. The second-order valence-electron chi connectivity index (χ2n) is 6.00. The molecular formula is C16H21N3O3S. The number of fused-ring (bicyclic) bond motifs is 1. The number of hydrazine groups is 1. The van der Waals surface area contributed by atoms with Gasteiger partial charge in [0.25, 0.3) is 0 Å². The summed E-state index contributed by atoms with van der Waals surface area (Å²) in [7, 11) is 2.01. The third-order valence-corrected chi connectivity index (χ3v) is 5.81. The highest BCUT2D eigenvalue weighted by molar-refractivity contribution is 8.04. The van der Waals surface area contributed by atoms with Crippen LogP contribution in [0, 0.1) is 0 Å². The van der Waals surface area contributed by atoms with Gasteiger partial charge in [0.05, 0.1) is 5.37 Å². The summed E-state index contributed by atoms with van der Waals surface area (Å²) >= 11 is 1.66. The normalized spacial score (nSPS) is 23.8. The number of amides is 2. The van der Waals surface area contributed by atoms with Crippen molar-refractivity contribution in [3.8, 4) is 0 Å². The minimum absolute atomic E-state index is 0.0253. The molecule has 2 amide bonds. The SMILES string of the molecule is CC(=O)N(CCC1SC2=CC(=O)CC=C2N1C)N1CCCC1=O. The van der Waals surface area contributed by atoms with Crippen molar-refractivity contribution < 1.29 is 14.4 Å². The van der Waals surface area contributed by atoms with Gasteiger partial charge in [-0.15, -0.1) is 0 Å². The smallest absolute Gasteiger partial charge is 0.241 e. The lowest BCUT2D eigenvalue weighted by molar-refractivity contribution is -0.158. The largest absolute Gasteiger partial charge is 0.362 e. The fourth-order valence-electron chi connectivity index (χ4n) is 3.19. The van der Waals surface area contributed by atoms with Crippen molar-refractivity contribution in [3.63, 3.8) is 0 Å². The molecule has 1 atom stereocenters. The molecule has 0 saturated carbocycles. The van der Waals surface area contributed by atoms with E-state index in [1.807, 2.05) is 13.1 Å². The Balaban J connectivity index is 1.65. The molecule has 0 radical (unpaired) electrons. The molecule has 6 nitrogen and oxygen atoms in total. The maximum absolute atomic E-state index is 11.9. The van der Waals surface area contributed by atoms with Crippen LogP contribution in [0.3, 0.4) is 0 Å². The molecule has 1 aliphatic carbocycles. The first kappa shape index (κ1) is 16.1. The van der Waals surface area contributed by atoms with E-state index in [-0.39, 0.29) is 23.0 Å². The van der Waals surface area contributed by atoms with Crippen LogP contribution in [-0.4, -0.2) is 58.0 Å². The summed E-state index contributed by atoms with van der Waals surface area (Å²) in [4.78, 5) is 38.5. The highest BCUT2D eigenvalue weighted by Gasteiger charge is 2.34. The van der Waals surface area contributed by atoms with E-state index in [1.165, 1.54) is 6.92 Å². The quantitative estimate of drug-likeness (QED) is 0.779. The average Bonchev–Trinajstić information content (AvgIpc) is 3.04. The average molecular weight is 335 g/mol. The lowest BCUT2D eigenvalue weighted by Gasteiger charge is -2.32. The Kier molecular flexibility index (Phi) is 4.48. The predicted octanol–water partition coefficient (Wildman–Crippen LogP) is 1.51. The van der Waals surface area contributed by atoms with Gasteiger partial charge < -0.3 is 4.90 Å². The molecule has 1 unspecified atom stereocenters. The van der Waals surface area contributed by atoms with E-state index in [0.29, 0.717) is 25.9 Å². The van der Waals surface area contributed by atoms with Crippen molar-refractivity contribution in [1.82, 2.24) is 14.9 Å². The fraction of sp³-hybridized carbons (Fsp3) is 0.562. The molecule has 124 valence electrons. The van der Waals surface area contributed by atoms with Gasteiger partial charge in [0, 0.05) is 50.5 Å². The maximum atomic E-state index is 11.9. The van der Waals surface area contributed by atoms with Crippen LogP contribution in [0.1, 0.15) is 32.6 Å². The van der Waals surface area contributed by atoms with Crippen molar-refractivity contribution in [2.75, 3.05) is 20.1 Å². The van der Waals surface area contributed by atoms with Gasteiger partial charge in [-0.2, -0.15) is 0 Å². The minimum Gasteiger partial charge on any atom is -0.362 e. The number of nitrogens with zero attached hydrogens (tertiary/aromatic N) is 3. The number of likely N-dealkylation sites (N-methyl/N-ethyl adjacent to an activating group) is 1. The molecule has 2 fully saturated rings. The molecule has 0 N–H and O–H groups in total. The Labute approximate surface area is 140 Å². The summed E-state index contributed by atoms with van der Waals surface area (Å²) in [5.74, 6) is 0.0626. The van der Waals surface area contributed by atoms with Gasteiger partial charge in [-0.25, -0.2) is 0 Å². The Morgan fingerprint density at radius 3 is 2.87 bits per heavy atom. The van der Waals surface area contributed by atoms with E-state index < -0.39 is 0 Å². The molecular weight excluding hydrogens is 314 g/mol.